The number of anilines is 2. The molecule has 3 aromatic rings. The monoisotopic (exact) mass is 635 g/mol. The largest absolute Gasteiger partial charge is 0.494 e. The number of fused-ring (bicyclic) bond motifs is 3. The highest BCUT2D eigenvalue weighted by Crippen LogP contribution is 2.59. The average molecular weight is 636 g/mol. The highest BCUT2D eigenvalue weighted by Gasteiger charge is 2.75. The van der Waals surface area contributed by atoms with Crippen molar-refractivity contribution in [2.45, 2.75) is 50.4 Å². The Morgan fingerprint density at radius 3 is 2.23 bits per heavy atom. The fraction of sp³-hybridized carbons (Fsp3) is 0.395. The van der Waals surface area contributed by atoms with Gasteiger partial charge in [-0.15, -0.1) is 0 Å². The summed E-state index contributed by atoms with van der Waals surface area (Å²) in [6.07, 6.45) is 9.15. The van der Waals surface area contributed by atoms with E-state index in [1.54, 1.807) is 14.7 Å². The third-order valence-corrected chi connectivity index (χ3v) is 10.3. The van der Waals surface area contributed by atoms with E-state index in [-0.39, 0.29) is 30.9 Å². The van der Waals surface area contributed by atoms with Crippen molar-refractivity contribution in [3.05, 3.63) is 91.0 Å². The Hall–Kier alpha value is -4.47. The van der Waals surface area contributed by atoms with Crippen molar-refractivity contribution >= 4 is 39.9 Å². The Morgan fingerprint density at radius 1 is 0.809 bits per heavy atom. The van der Waals surface area contributed by atoms with Gasteiger partial charge in [0.05, 0.1) is 24.0 Å². The van der Waals surface area contributed by atoms with E-state index in [4.69, 9.17) is 9.47 Å². The predicted molar refractivity (Wildman–Crippen MR) is 180 cm³/mol. The third kappa shape index (κ3) is 4.95. The van der Waals surface area contributed by atoms with E-state index < -0.39 is 29.1 Å². The zero-order chi connectivity index (χ0) is 32.8. The van der Waals surface area contributed by atoms with Crippen LogP contribution in [0.1, 0.15) is 33.1 Å². The van der Waals surface area contributed by atoms with E-state index in [0.29, 0.717) is 50.4 Å². The van der Waals surface area contributed by atoms with Crippen LogP contribution in [0.4, 0.5) is 11.4 Å². The summed E-state index contributed by atoms with van der Waals surface area (Å²) in [6, 6.07) is 20.4. The highest BCUT2D eigenvalue weighted by atomic mass is 16.5. The zero-order valence-electron chi connectivity index (χ0n) is 26.9. The lowest BCUT2D eigenvalue weighted by Crippen LogP contribution is -2.56. The van der Waals surface area contributed by atoms with E-state index in [0.717, 1.165) is 16.5 Å². The Balaban J connectivity index is 1.31. The van der Waals surface area contributed by atoms with Gasteiger partial charge in [0.2, 0.25) is 11.8 Å². The first kappa shape index (κ1) is 31.1. The summed E-state index contributed by atoms with van der Waals surface area (Å²) in [6.45, 7) is 5.31. The Labute approximate surface area is 275 Å². The van der Waals surface area contributed by atoms with Crippen molar-refractivity contribution < 1.29 is 29.0 Å². The minimum absolute atomic E-state index is 0.0171. The molecule has 4 heterocycles. The van der Waals surface area contributed by atoms with Gasteiger partial charge < -0.3 is 29.3 Å². The molecule has 244 valence electrons. The summed E-state index contributed by atoms with van der Waals surface area (Å²) in [7, 11) is 0. The quantitative estimate of drug-likeness (QED) is 0.266. The molecule has 0 radical (unpaired) electrons. The van der Waals surface area contributed by atoms with Gasteiger partial charge in [0.15, 0.2) is 0 Å². The van der Waals surface area contributed by atoms with Crippen molar-refractivity contribution in [1.29, 1.82) is 0 Å². The first-order chi connectivity index (χ1) is 22.9. The van der Waals surface area contributed by atoms with Gasteiger partial charge in [-0.1, -0.05) is 61.6 Å². The number of unbranched alkanes of at least 4 members (excludes halogenated alkanes) is 1. The summed E-state index contributed by atoms with van der Waals surface area (Å²) in [4.78, 5) is 49.4. The van der Waals surface area contributed by atoms with Crippen LogP contribution >= 0.6 is 0 Å². The molecule has 2 saturated heterocycles. The molecule has 0 saturated carbocycles. The Kier molecular flexibility index (Phi) is 8.14. The normalized spacial score (nSPS) is 28.4. The van der Waals surface area contributed by atoms with Crippen molar-refractivity contribution in [3.63, 3.8) is 0 Å². The SMILES string of the molecule is CCOc1ccc(N2CC=C[C@@]3(CC)O[C@]45C=CCN(c6ccc7ccccc7c6)C(=O)C4N(CCCCO)C(=O)[C@@H]5[C@H]3C2=O)cc1. The summed E-state index contributed by atoms with van der Waals surface area (Å²) in [5.41, 5.74) is -0.985. The van der Waals surface area contributed by atoms with Gasteiger partial charge in [-0.3, -0.25) is 14.4 Å². The molecule has 0 aliphatic carbocycles. The van der Waals surface area contributed by atoms with E-state index in [2.05, 4.69) is 0 Å². The molecule has 1 N–H and O–H groups in total. The molecule has 7 rings (SSSR count). The van der Waals surface area contributed by atoms with Crippen LogP contribution < -0.4 is 14.5 Å². The topological polar surface area (TPSA) is 99.6 Å². The van der Waals surface area contributed by atoms with Crippen LogP contribution in [0, 0.1) is 11.8 Å². The van der Waals surface area contributed by atoms with E-state index >= 15 is 0 Å². The van der Waals surface area contributed by atoms with Crippen LogP contribution in [0.2, 0.25) is 0 Å². The van der Waals surface area contributed by atoms with Crippen LogP contribution in [0.25, 0.3) is 10.8 Å². The molecule has 9 nitrogen and oxygen atoms in total. The number of ether oxygens (including phenoxy) is 2. The summed E-state index contributed by atoms with van der Waals surface area (Å²) >= 11 is 0. The number of likely N-dealkylation sites (tertiary alicyclic amines) is 1. The maximum Gasteiger partial charge on any atom is 0.253 e. The van der Waals surface area contributed by atoms with Crippen LogP contribution in [0.15, 0.2) is 91.0 Å². The molecule has 4 aliphatic heterocycles. The molecule has 5 atom stereocenters. The van der Waals surface area contributed by atoms with Gasteiger partial charge in [-0.05, 0) is 73.4 Å². The minimum atomic E-state index is -1.35. The average Bonchev–Trinajstić information content (AvgIpc) is 3.37. The molecule has 9 heteroatoms. The fourth-order valence-corrected chi connectivity index (χ4v) is 8.09. The molecule has 3 aromatic carbocycles. The maximum atomic E-state index is 14.8. The van der Waals surface area contributed by atoms with Crippen molar-refractivity contribution in [2.24, 2.45) is 11.8 Å². The van der Waals surface area contributed by atoms with Gasteiger partial charge in [-0.25, -0.2) is 0 Å². The number of carbonyl (C=O) groups is 3. The van der Waals surface area contributed by atoms with Crippen molar-refractivity contribution in [1.82, 2.24) is 4.90 Å². The molecule has 2 fully saturated rings. The lowest BCUT2D eigenvalue weighted by Gasteiger charge is -2.38. The Morgan fingerprint density at radius 2 is 1.51 bits per heavy atom. The lowest BCUT2D eigenvalue weighted by atomic mass is 9.73. The molecule has 0 bridgehead atoms. The Bertz CT molecular complexity index is 1750. The molecule has 4 aliphatic rings. The second-order valence-electron chi connectivity index (χ2n) is 12.7. The van der Waals surface area contributed by atoms with Gasteiger partial charge >= 0.3 is 0 Å². The second-order valence-corrected chi connectivity index (χ2v) is 12.7. The lowest BCUT2D eigenvalue weighted by molar-refractivity contribution is -0.145. The third-order valence-electron chi connectivity index (χ3n) is 10.3. The van der Waals surface area contributed by atoms with E-state index in [1.807, 2.05) is 105 Å². The van der Waals surface area contributed by atoms with Crippen molar-refractivity contribution in [3.8, 4) is 5.75 Å². The first-order valence-corrected chi connectivity index (χ1v) is 16.7. The number of aliphatic hydroxyl groups excluding tert-OH is 1. The molecule has 1 spiro atoms. The number of nitrogens with zero attached hydrogens (tertiary/aromatic N) is 3. The molecule has 1 unspecified atom stereocenters. The number of benzene rings is 3. The smallest absolute Gasteiger partial charge is 0.253 e. The number of hydrogen-bond acceptors (Lipinski definition) is 6. The zero-order valence-corrected chi connectivity index (χ0v) is 26.9. The highest BCUT2D eigenvalue weighted by molar-refractivity contribution is 6.08. The number of rotatable bonds is 9. The number of hydrogen-bond donors (Lipinski definition) is 1. The van der Waals surface area contributed by atoms with Gasteiger partial charge in [0, 0.05) is 37.6 Å². The first-order valence-electron chi connectivity index (χ1n) is 16.7. The molecule has 0 aromatic heterocycles. The van der Waals surface area contributed by atoms with Crippen molar-refractivity contribution in [2.75, 3.05) is 42.6 Å². The standard InChI is InChI=1S/C38H41N3O6/c1-3-37-19-9-22-39(28-15-17-30(18-16-28)46-4-2)34(43)31(37)32-35(44)41(21-7-8-24-42)33-36(45)40(23-10-20-38(32,33)47-37)29-14-13-26-11-5-6-12-27(26)25-29/h5-6,9-20,25,31-33,42H,3-4,7-8,21-24H2,1-2H3/t31-,32-,33?,37+,38-/m0/s1. The summed E-state index contributed by atoms with van der Waals surface area (Å²) < 4.78 is 12.7. The number of aliphatic hydroxyl groups is 1. The number of carbonyl (C=O) groups excluding carboxylic acids is 3. The molecule has 47 heavy (non-hydrogen) atoms. The maximum absolute atomic E-state index is 14.8. The van der Waals surface area contributed by atoms with Crippen LogP contribution in [0.3, 0.4) is 0 Å². The van der Waals surface area contributed by atoms with E-state index in [1.165, 1.54) is 0 Å². The summed E-state index contributed by atoms with van der Waals surface area (Å²) in [5.74, 6) is -1.75. The minimum Gasteiger partial charge on any atom is -0.494 e. The molecule has 3 amide bonds. The molecular weight excluding hydrogens is 594 g/mol. The number of amides is 3. The fourth-order valence-electron chi connectivity index (χ4n) is 8.09. The molecular formula is C38H41N3O6. The van der Waals surface area contributed by atoms with Gasteiger partial charge in [-0.2, -0.15) is 0 Å². The van der Waals surface area contributed by atoms with Crippen LogP contribution in [-0.4, -0.2) is 77.8 Å². The van der Waals surface area contributed by atoms with Gasteiger partial charge in [0.25, 0.3) is 5.91 Å². The van der Waals surface area contributed by atoms with Crippen LogP contribution in [0.5, 0.6) is 5.75 Å². The predicted octanol–water partition coefficient (Wildman–Crippen LogP) is 4.88. The van der Waals surface area contributed by atoms with E-state index in [9.17, 15) is 19.5 Å². The van der Waals surface area contributed by atoms with Gasteiger partial charge in [0.1, 0.15) is 17.4 Å². The summed E-state index contributed by atoms with van der Waals surface area (Å²) in [5, 5.41) is 11.6. The van der Waals surface area contributed by atoms with Crippen LogP contribution in [-0.2, 0) is 19.1 Å². The second kappa shape index (κ2) is 12.3.